The van der Waals surface area contributed by atoms with Crippen molar-refractivity contribution in [3.05, 3.63) is 12.2 Å². The fourth-order valence-corrected chi connectivity index (χ4v) is 2.88. The highest BCUT2D eigenvalue weighted by molar-refractivity contribution is 5.09. The van der Waals surface area contributed by atoms with Crippen molar-refractivity contribution >= 4 is 0 Å². The molecule has 1 saturated carbocycles. The number of aromatic nitrogens is 3. The summed E-state index contributed by atoms with van der Waals surface area (Å²) in [4.78, 5) is 4.30. The van der Waals surface area contributed by atoms with E-state index in [1.165, 1.54) is 12.8 Å². The molecule has 2 rings (SSSR count). The summed E-state index contributed by atoms with van der Waals surface area (Å²) in [7, 11) is 0. The van der Waals surface area contributed by atoms with E-state index in [9.17, 15) is 5.26 Å². The van der Waals surface area contributed by atoms with Gasteiger partial charge >= 0.3 is 0 Å². The van der Waals surface area contributed by atoms with Crippen molar-refractivity contribution in [2.24, 2.45) is 11.3 Å². The van der Waals surface area contributed by atoms with Gasteiger partial charge in [-0.15, -0.1) is 0 Å². The van der Waals surface area contributed by atoms with Gasteiger partial charge in [0.15, 0.2) is 0 Å². The molecule has 2 unspecified atom stereocenters. The topological polar surface area (TPSA) is 54.5 Å². The molecule has 0 aliphatic heterocycles. The summed E-state index contributed by atoms with van der Waals surface area (Å²) in [6.45, 7) is 5.10. The third-order valence-corrected chi connectivity index (χ3v) is 4.02. The largest absolute Gasteiger partial charge is 0.250 e. The molecule has 4 nitrogen and oxygen atoms in total. The fraction of sp³-hybridized carbons (Fsp3) is 0.769. The summed E-state index contributed by atoms with van der Waals surface area (Å²) in [5.74, 6) is 1.68. The predicted octanol–water partition coefficient (Wildman–Crippen LogP) is 2.56. The second kappa shape index (κ2) is 4.87. The van der Waals surface area contributed by atoms with Crippen LogP contribution in [0, 0.1) is 22.7 Å². The maximum absolute atomic E-state index is 9.48. The van der Waals surface area contributed by atoms with Gasteiger partial charge in [0, 0.05) is 13.0 Å². The molecule has 1 aliphatic rings. The smallest absolute Gasteiger partial charge is 0.138 e. The Morgan fingerprint density at radius 2 is 2.41 bits per heavy atom. The summed E-state index contributed by atoms with van der Waals surface area (Å²) in [6.07, 6.45) is 6.76. The Morgan fingerprint density at radius 3 is 3.00 bits per heavy atom. The number of nitriles is 1. The van der Waals surface area contributed by atoms with Gasteiger partial charge in [-0.1, -0.05) is 13.3 Å². The molecule has 1 aromatic heterocycles. The molecule has 1 aromatic rings. The van der Waals surface area contributed by atoms with Crippen molar-refractivity contribution in [3.63, 3.8) is 0 Å². The molecule has 2 atom stereocenters. The van der Waals surface area contributed by atoms with Gasteiger partial charge in [0.25, 0.3) is 0 Å². The van der Waals surface area contributed by atoms with Crippen LogP contribution in [0.4, 0.5) is 0 Å². The Labute approximate surface area is 103 Å². The molecule has 0 spiro atoms. The highest BCUT2D eigenvalue weighted by atomic mass is 15.3. The average molecular weight is 232 g/mol. The van der Waals surface area contributed by atoms with E-state index in [1.807, 2.05) is 4.68 Å². The number of rotatable bonds is 4. The van der Waals surface area contributed by atoms with Gasteiger partial charge in [-0.2, -0.15) is 10.4 Å². The lowest BCUT2D eigenvalue weighted by Gasteiger charge is -2.20. The van der Waals surface area contributed by atoms with E-state index in [-0.39, 0.29) is 5.41 Å². The van der Waals surface area contributed by atoms with Crippen LogP contribution in [-0.4, -0.2) is 14.8 Å². The third-order valence-electron chi connectivity index (χ3n) is 4.02. The van der Waals surface area contributed by atoms with E-state index >= 15 is 0 Å². The minimum atomic E-state index is -0.194. The van der Waals surface area contributed by atoms with Gasteiger partial charge in [-0.05, 0) is 32.1 Å². The second-order valence-corrected chi connectivity index (χ2v) is 5.08. The number of hydrogen-bond donors (Lipinski definition) is 0. The Bertz CT molecular complexity index is 417. The highest BCUT2D eigenvalue weighted by Gasteiger charge is 2.39. The first kappa shape index (κ1) is 12.1. The lowest BCUT2D eigenvalue weighted by atomic mass is 9.83. The van der Waals surface area contributed by atoms with E-state index < -0.39 is 0 Å². The normalized spacial score (nSPS) is 28.2. The van der Waals surface area contributed by atoms with Gasteiger partial charge in [-0.3, -0.25) is 4.68 Å². The lowest BCUT2D eigenvalue weighted by Crippen LogP contribution is -2.21. The Balaban J connectivity index is 2.14. The van der Waals surface area contributed by atoms with Crippen LogP contribution >= 0.6 is 0 Å². The van der Waals surface area contributed by atoms with Gasteiger partial charge in [0.05, 0.1) is 11.5 Å². The third kappa shape index (κ3) is 2.33. The molecule has 0 radical (unpaired) electrons. The molecule has 1 heterocycles. The van der Waals surface area contributed by atoms with E-state index in [0.29, 0.717) is 5.92 Å². The molecule has 1 aliphatic carbocycles. The molecule has 0 bridgehead atoms. The van der Waals surface area contributed by atoms with Crippen LogP contribution in [0.2, 0.25) is 0 Å². The van der Waals surface area contributed by atoms with Gasteiger partial charge in [0.2, 0.25) is 0 Å². The Morgan fingerprint density at radius 1 is 1.59 bits per heavy atom. The van der Waals surface area contributed by atoms with Crippen LogP contribution in [0.3, 0.4) is 0 Å². The molecule has 17 heavy (non-hydrogen) atoms. The van der Waals surface area contributed by atoms with E-state index in [2.05, 4.69) is 30.0 Å². The standard InChI is InChI=1S/C13H20N4/c1-3-11-5-6-13(7-11,9-14)8-12-15-10-16-17(12)4-2/h10-11H,3-8H2,1-2H3. The Hall–Kier alpha value is -1.37. The van der Waals surface area contributed by atoms with Crippen LogP contribution in [-0.2, 0) is 13.0 Å². The van der Waals surface area contributed by atoms with E-state index in [1.54, 1.807) is 6.33 Å². The fourth-order valence-electron chi connectivity index (χ4n) is 2.88. The molecule has 0 amide bonds. The molecule has 92 valence electrons. The minimum absolute atomic E-state index is 0.194. The van der Waals surface area contributed by atoms with Crippen molar-refractivity contribution < 1.29 is 0 Å². The summed E-state index contributed by atoms with van der Waals surface area (Å²) < 4.78 is 1.90. The number of nitrogens with zero attached hydrogens (tertiary/aromatic N) is 4. The van der Waals surface area contributed by atoms with E-state index in [0.717, 1.165) is 31.6 Å². The monoisotopic (exact) mass is 232 g/mol. The van der Waals surface area contributed by atoms with Crippen LogP contribution in [0.1, 0.15) is 45.4 Å². The first-order chi connectivity index (χ1) is 8.23. The molecule has 0 N–H and O–H groups in total. The van der Waals surface area contributed by atoms with Gasteiger partial charge < -0.3 is 0 Å². The average Bonchev–Trinajstić information content (AvgIpc) is 2.96. The molecule has 0 aromatic carbocycles. The van der Waals surface area contributed by atoms with E-state index in [4.69, 9.17) is 0 Å². The van der Waals surface area contributed by atoms with Crippen molar-refractivity contribution in [1.29, 1.82) is 5.26 Å². The van der Waals surface area contributed by atoms with Crippen molar-refractivity contribution in [2.75, 3.05) is 0 Å². The molecule has 1 fully saturated rings. The second-order valence-electron chi connectivity index (χ2n) is 5.08. The zero-order valence-corrected chi connectivity index (χ0v) is 10.7. The molecular formula is C13H20N4. The molecule has 4 heteroatoms. The Kier molecular flexibility index (Phi) is 3.46. The summed E-state index contributed by atoms with van der Waals surface area (Å²) >= 11 is 0. The number of hydrogen-bond acceptors (Lipinski definition) is 3. The summed E-state index contributed by atoms with van der Waals surface area (Å²) in [6, 6.07) is 2.55. The summed E-state index contributed by atoms with van der Waals surface area (Å²) in [5, 5.41) is 13.7. The minimum Gasteiger partial charge on any atom is -0.250 e. The maximum Gasteiger partial charge on any atom is 0.138 e. The summed E-state index contributed by atoms with van der Waals surface area (Å²) in [5.41, 5.74) is -0.194. The van der Waals surface area contributed by atoms with Crippen molar-refractivity contribution in [3.8, 4) is 6.07 Å². The lowest BCUT2D eigenvalue weighted by molar-refractivity contribution is 0.364. The predicted molar refractivity (Wildman–Crippen MR) is 65.1 cm³/mol. The highest BCUT2D eigenvalue weighted by Crippen LogP contribution is 2.44. The van der Waals surface area contributed by atoms with Crippen LogP contribution in [0.5, 0.6) is 0 Å². The molecule has 0 saturated heterocycles. The first-order valence-corrected chi connectivity index (χ1v) is 6.51. The maximum atomic E-state index is 9.48. The number of aryl methyl sites for hydroxylation is 1. The van der Waals surface area contributed by atoms with Crippen LogP contribution in [0.15, 0.2) is 6.33 Å². The SMILES string of the molecule is CCC1CCC(C#N)(Cc2ncnn2CC)C1. The van der Waals surface area contributed by atoms with Crippen LogP contribution < -0.4 is 0 Å². The zero-order chi connectivity index (χ0) is 12.3. The van der Waals surface area contributed by atoms with Crippen molar-refractivity contribution in [1.82, 2.24) is 14.8 Å². The van der Waals surface area contributed by atoms with Gasteiger partial charge in [0.1, 0.15) is 12.2 Å². The van der Waals surface area contributed by atoms with Crippen LogP contribution in [0.25, 0.3) is 0 Å². The zero-order valence-electron chi connectivity index (χ0n) is 10.7. The quantitative estimate of drug-likeness (QED) is 0.801. The van der Waals surface area contributed by atoms with Gasteiger partial charge in [-0.25, -0.2) is 4.98 Å². The molecular weight excluding hydrogens is 212 g/mol. The first-order valence-electron chi connectivity index (χ1n) is 6.51. The van der Waals surface area contributed by atoms with Crippen molar-refractivity contribution in [2.45, 2.75) is 52.5 Å².